The van der Waals surface area contributed by atoms with Gasteiger partial charge in [-0.25, -0.2) is 22.0 Å². The molecule has 0 amide bonds. The summed E-state index contributed by atoms with van der Waals surface area (Å²) in [5.41, 5.74) is -12.2. The number of halogens is 12. The van der Waals surface area contributed by atoms with E-state index in [4.69, 9.17) is 0 Å². The zero-order valence-corrected chi connectivity index (χ0v) is 11.7. The molecule has 3 atom stereocenters. The lowest BCUT2D eigenvalue weighted by Crippen LogP contribution is -2.63. The topological polar surface area (TPSA) is 9.23 Å². The lowest BCUT2D eigenvalue weighted by atomic mass is 9.92. The van der Waals surface area contributed by atoms with Gasteiger partial charge in [-0.3, -0.25) is 9.13 Å². The van der Waals surface area contributed by atoms with Crippen LogP contribution < -0.4 is 0 Å². The van der Waals surface area contributed by atoms with Crippen molar-refractivity contribution >= 4 is 0 Å². The number of hydrogen-bond acceptors (Lipinski definition) is 1. The predicted octanol–water partition coefficient (Wildman–Crippen LogP) is 5.12. The maximum atomic E-state index is 14.0. The normalized spacial score (nSPS) is 39.8. The SMILES string of the molecule is CCC(F)(F)OC1(F)C(F)(F)C2(F)C(F)=C(F)C1(F)C2(F)F.CF. The van der Waals surface area contributed by atoms with Gasteiger partial charge in [0.05, 0.1) is 7.18 Å². The molecule has 0 spiro atoms. The summed E-state index contributed by atoms with van der Waals surface area (Å²) in [6, 6.07) is 0. The van der Waals surface area contributed by atoms with Gasteiger partial charge in [0, 0.05) is 6.42 Å². The summed E-state index contributed by atoms with van der Waals surface area (Å²) in [4.78, 5) is 0. The van der Waals surface area contributed by atoms with E-state index in [1.165, 1.54) is 0 Å². The van der Waals surface area contributed by atoms with Crippen LogP contribution in [0.3, 0.4) is 0 Å². The van der Waals surface area contributed by atoms with Crippen LogP contribution in [0.1, 0.15) is 13.3 Å². The highest BCUT2D eigenvalue weighted by molar-refractivity contribution is 5.52. The van der Waals surface area contributed by atoms with Crippen molar-refractivity contribution < 1.29 is 57.4 Å². The van der Waals surface area contributed by atoms with E-state index in [-0.39, 0.29) is 0 Å². The highest BCUT2D eigenvalue weighted by atomic mass is 19.3. The van der Waals surface area contributed by atoms with Crippen LogP contribution in [0.5, 0.6) is 0 Å². The van der Waals surface area contributed by atoms with Gasteiger partial charge in [-0.1, -0.05) is 6.92 Å². The fourth-order valence-corrected chi connectivity index (χ4v) is 2.34. The first-order valence-electron chi connectivity index (χ1n) is 5.93. The molecule has 2 rings (SSSR count). The van der Waals surface area contributed by atoms with Gasteiger partial charge in [0.25, 0.3) is 11.3 Å². The molecule has 2 bridgehead atoms. The maximum absolute atomic E-state index is 14.0. The Hall–Kier alpha value is -1.14. The Kier molecular flexibility index (Phi) is 4.51. The molecule has 0 aromatic heterocycles. The summed E-state index contributed by atoms with van der Waals surface area (Å²) in [6.45, 7) is 0.496. The second kappa shape index (κ2) is 5.18. The molecule has 2 aliphatic rings. The lowest BCUT2D eigenvalue weighted by molar-refractivity contribution is -0.410. The Morgan fingerprint density at radius 2 is 1.17 bits per heavy atom. The Balaban J connectivity index is 0.00000139. The minimum Gasteiger partial charge on any atom is -0.274 e. The first-order chi connectivity index (χ1) is 10.6. The van der Waals surface area contributed by atoms with Crippen molar-refractivity contribution in [3.63, 3.8) is 0 Å². The molecule has 24 heavy (non-hydrogen) atoms. The molecule has 0 aromatic carbocycles. The van der Waals surface area contributed by atoms with Crippen molar-refractivity contribution in [2.75, 3.05) is 7.18 Å². The second-order valence-electron chi connectivity index (χ2n) is 4.78. The van der Waals surface area contributed by atoms with Crippen molar-refractivity contribution in [1.82, 2.24) is 0 Å². The molecule has 2 aliphatic carbocycles. The van der Waals surface area contributed by atoms with E-state index in [9.17, 15) is 52.7 Å². The average Bonchev–Trinajstić information content (AvgIpc) is 2.64. The average molecular weight is 384 g/mol. The van der Waals surface area contributed by atoms with Gasteiger partial charge in [-0.05, 0) is 0 Å². The van der Waals surface area contributed by atoms with Crippen LogP contribution in [0.25, 0.3) is 0 Å². The summed E-state index contributed by atoms with van der Waals surface area (Å²) in [7, 11) is 0.500. The molecule has 0 heterocycles. The number of ether oxygens (including phenoxy) is 1. The summed E-state index contributed by atoms with van der Waals surface area (Å²) >= 11 is 0. The summed E-state index contributed by atoms with van der Waals surface area (Å²) in [6.07, 6.45) is -6.60. The zero-order valence-electron chi connectivity index (χ0n) is 11.7. The second-order valence-corrected chi connectivity index (χ2v) is 4.78. The Labute approximate surface area is 126 Å². The Bertz CT molecular complexity index is 559. The number of fused-ring (bicyclic) bond motifs is 2. The van der Waals surface area contributed by atoms with Crippen LogP contribution in [0.15, 0.2) is 11.7 Å². The van der Waals surface area contributed by atoms with Crippen LogP contribution in [0, 0.1) is 0 Å². The number of allylic oxidation sites excluding steroid dienone is 1. The quantitative estimate of drug-likeness (QED) is 0.614. The van der Waals surface area contributed by atoms with E-state index < -0.39 is 53.2 Å². The van der Waals surface area contributed by atoms with E-state index in [2.05, 4.69) is 4.74 Å². The third-order valence-corrected chi connectivity index (χ3v) is 3.64. The summed E-state index contributed by atoms with van der Waals surface area (Å²) < 4.78 is 160. The van der Waals surface area contributed by atoms with Gasteiger partial charge in [0.1, 0.15) is 0 Å². The summed E-state index contributed by atoms with van der Waals surface area (Å²) in [5.74, 6) is -26.2. The zero-order chi connectivity index (χ0) is 19.6. The predicted molar refractivity (Wildman–Crippen MR) is 54.0 cm³/mol. The minimum absolute atomic E-state index is 0.496. The van der Waals surface area contributed by atoms with Crippen molar-refractivity contribution in [1.29, 1.82) is 0 Å². The molecular weight excluding hydrogens is 376 g/mol. The number of alkyl halides is 10. The third-order valence-electron chi connectivity index (χ3n) is 3.64. The van der Waals surface area contributed by atoms with Gasteiger partial charge in [-0.2, -0.15) is 26.3 Å². The van der Waals surface area contributed by atoms with Gasteiger partial charge in [0.2, 0.25) is 0 Å². The minimum atomic E-state index is -6.48. The first kappa shape index (κ1) is 20.9. The molecule has 1 fully saturated rings. The van der Waals surface area contributed by atoms with Gasteiger partial charge < -0.3 is 0 Å². The van der Waals surface area contributed by atoms with Gasteiger partial charge in [0.15, 0.2) is 11.7 Å². The smallest absolute Gasteiger partial charge is 0.274 e. The van der Waals surface area contributed by atoms with Gasteiger partial charge >= 0.3 is 23.8 Å². The van der Waals surface area contributed by atoms with Crippen LogP contribution >= 0.6 is 0 Å². The van der Waals surface area contributed by atoms with Crippen molar-refractivity contribution in [2.24, 2.45) is 0 Å². The molecule has 0 N–H and O–H groups in total. The molecule has 0 aromatic rings. The maximum Gasteiger partial charge on any atom is 0.358 e. The van der Waals surface area contributed by atoms with Gasteiger partial charge in [-0.15, -0.1) is 0 Å². The van der Waals surface area contributed by atoms with E-state index in [0.29, 0.717) is 14.1 Å². The third kappa shape index (κ3) is 1.74. The van der Waals surface area contributed by atoms with Crippen molar-refractivity contribution in [3.8, 4) is 0 Å². The largest absolute Gasteiger partial charge is 0.358 e. The lowest BCUT2D eigenvalue weighted by Gasteiger charge is -2.39. The molecule has 0 radical (unpaired) electrons. The molecule has 0 aliphatic heterocycles. The van der Waals surface area contributed by atoms with Crippen LogP contribution in [0.4, 0.5) is 52.7 Å². The van der Waals surface area contributed by atoms with E-state index in [1.807, 2.05) is 0 Å². The molecule has 3 unspecified atom stereocenters. The van der Waals surface area contributed by atoms with E-state index in [1.54, 1.807) is 0 Å². The van der Waals surface area contributed by atoms with Crippen molar-refractivity contribution in [3.05, 3.63) is 11.7 Å². The van der Waals surface area contributed by atoms with Crippen LogP contribution in [0.2, 0.25) is 0 Å². The fraction of sp³-hybridized carbons (Fsp3) is 0.818. The van der Waals surface area contributed by atoms with Crippen LogP contribution in [-0.4, -0.2) is 42.3 Å². The number of hydrogen-bond donors (Lipinski definition) is 0. The van der Waals surface area contributed by atoms with Crippen molar-refractivity contribution in [2.45, 2.75) is 48.5 Å². The highest BCUT2D eigenvalue weighted by Gasteiger charge is 3.06. The van der Waals surface area contributed by atoms with E-state index in [0.717, 1.165) is 0 Å². The van der Waals surface area contributed by atoms with Crippen LogP contribution in [-0.2, 0) is 4.74 Å². The molecule has 1 saturated carbocycles. The summed E-state index contributed by atoms with van der Waals surface area (Å²) in [5, 5.41) is 0. The molecule has 13 heteroatoms. The Morgan fingerprint density at radius 3 is 1.50 bits per heavy atom. The standard InChI is InChI=1S/C10H5F11O.CH3F/c1-2-5(13,14)22-10(21)7(16)4(12)3(11)6(15,8(7,17)18)9(10,19)20;1-2/h2H2,1H3;1H3. The Morgan fingerprint density at radius 1 is 0.792 bits per heavy atom. The molecular formula is C11H8F12O. The number of rotatable bonds is 3. The molecule has 1 nitrogen and oxygen atoms in total. The fourth-order valence-electron chi connectivity index (χ4n) is 2.34. The highest BCUT2D eigenvalue weighted by Crippen LogP contribution is 2.77. The van der Waals surface area contributed by atoms with E-state index >= 15 is 0 Å². The molecule has 0 saturated heterocycles. The first-order valence-corrected chi connectivity index (χ1v) is 5.93. The monoisotopic (exact) mass is 384 g/mol. The molecule has 142 valence electrons.